The van der Waals surface area contributed by atoms with E-state index in [9.17, 15) is 9.59 Å². The zero-order valence-electron chi connectivity index (χ0n) is 11.2. The van der Waals surface area contributed by atoms with E-state index >= 15 is 0 Å². The molecule has 0 aliphatic carbocycles. The van der Waals surface area contributed by atoms with Crippen LogP contribution in [-0.4, -0.2) is 14.1 Å². The highest BCUT2D eigenvalue weighted by molar-refractivity contribution is 5.37. The first-order valence-electron chi connectivity index (χ1n) is 5.88. The molecule has 6 nitrogen and oxygen atoms in total. The Morgan fingerprint density at radius 1 is 1.28 bits per heavy atom. The third-order valence-corrected chi connectivity index (χ3v) is 2.71. The summed E-state index contributed by atoms with van der Waals surface area (Å²) in [6, 6.07) is 1.38. The molecule has 6 heteroatoms. The fraction of sp³-hybridized carbons (Fsp3) is 0.583. The van der Waals surface area contributed by atoms with Crippen LogP contribution in [0.5, 0.6) is 0 Å². The Hall–Kier alpha value is -1.85. The van der Waals surface area contributed by atoms with Gasteiger partial charge in [-0.3, -0.25) is 0 Å². The molecule has 0 saturated carbocycles. The molecular weight excluding hydrogens is 234 g/mol. The van der Waals surface area contributed by atoms with E-state index < -0.39 is 11.4 Å². The van der Waals surface area contributed by atoms with Crippen molar-refractivity contribution >= 4 is 5.65 Å². The molecule has 2 heterocycles. The highest BCUT2D eigenvalue weighted by Gasteiger charge is 2.22. The van der Waals surface area contributed by atoms with E-state index in [0.717, 1.165) is 9.14 Å². The molecule has 98 valence electrons. The highest BCUT2D eigenvalue weighted by atomic mass is 16.5. The Morgan fingerprint density at radius 2 is 1.89 bits per heavy atom. The largest absolute Gasteiger partial charge is 0.373 e. The Morgan fingerprint density at radius 3 is 2.39 bits per heavy atom. The first kappa shape index (κ1) is 12.6. The van der Waals surface area contributed by atoms with Crippen molar-refractivity contribution in [1.82, 2.24) is 14.1 Å². The maximum Gasteiger partial charge on any atom is 0.367 e. The Labute approximate surface area is 104 Å². The van der Waals surface area contributed by atoms with Crippen LogP contribution in [0.2, 0.25) is 0 Å². The molecule has 0 aliphatic rings. The number of rotatable bonds is 1. The second-order valence-electron chi connectivity index (χ2n) is 5.64. The zero-order valence-corrected chi connectivity index (χ0v) is 11.2. The number of fused-ring (bicyclic) bond motifs is 1. The fourth-order valence-corrected chi connectivity index (χ4v) is 1.69. The van der Waals surface area contributed by atoms with Crippen LogP contribution in [0.25, 0.3) is 5.65 Å². The van der Waals surface area contributed by atoms with Crippen LogP contribution in [0.4, 0.5) is 0 Å². The van der Waals surface area contributed by atoms with E-state index in [0.29, 0.717) is 5.76 Å². The lowest BCUT2D eigenvalue weighted by Gasteiger charge is -2.12. The van der Waals surface area contributed by atoms with Crippen LogP contribution >= 0.6 is 0 Å². The topological polar surface area (TPSA) is 69.5 Å². The summed E-state index contributed by atoms with van der Waals surface area (Å²) in [6.07, 6.45) is 0. The summed E-state index contributed by atoms with van der Waals surface area (Å²) < 4.78 is 7.63. The molecule has 0 spiro atoms. The van der Waals surface area contributed by atoms with E-state index in [1.165, 1.54) is 0 Å². The standard InChI is InChI=1S/C12H17N3O3/c1-7(2)14-10(16)13-9-6-8(12(3,4)5)18-15(9)11(14)17/h6-7H,1-5H3. The van der Waals surface area contributed by atoms with E-state index in [1.54, 1.807) is 19.9 Å². The minimum Gasteiger partial charge on any atom is -0.373 e. The lowest BCUT2D eigenvalue weighted by molar-refractivity contribution is 0.278. The van der Waals surface area contributed by atoms with E-state index in [4.69, 9.17) is 4.52 Å². The monoisotopic (exact) mass is 251 g/mol. The molecule has 0 saturated heterocycles. The van der Waals surface area contributed by atoms with Gasteiger partial charge in [0.15, 0.2) is 5.65 Å². The summed E-state index contributed by atoms with van der Waals surface area (Å²) in [6.45, 7) is 9.40. The van der Waals surface area contributed by atoms with Crippen molar-refractivity contribution in [2.45, 2.75) is 46.1 Å². The summed E-state index contributed by atoms with van der Waals surface area (Å²) in [5, 5.41) is 0. The summed E-state index contributed by atoms with van der Waals surface area (Å²) in [4.78, 5) is 27.7. The Bertz CT molecular complexity index is 698. The Kier molecular flexibility index (Phi) is 2.68. The van der Waals surface area contributed by atoms with Crippen molar-refractivity contribution in [3.05, 3.63) is 32.8 Å². The van der Waals surface area contributed by atoms with Gasteiger partial charge in [0.1, 0.15) is 5.76 Å². The smallest absolute Gasteiger partial charge is 0.367 e. The van der Waals surface area contributed by atoms with Gasteiger partial charge in [0, 0.05) is 17.5 Å². The third kappa shape index (κ3) is 1.87. The second kappa shape index (κ2) is 3.83. The molecule has 0 fully saturated rings. The number of nitrogens with zero attached hydrogens (tertiary/aromatic N) is 3. The maximum atomic E-state index is 12.1. The highest BCUT2D eigenvalue weighted by Crippen LogP contribution is 2.22. The van der Waals surface area contributed by atoms with Gasteiger partial charge in [0.2, 0.25) is 0 Å². The summed E-state index contributed by atoms with van der Waals surface area (Å²) in [5.74, 6) is 0.619. The first-order chi connectivity index (χ1) is 8.21. The predicted octanol–water partition coefficient (Wildman–Crippen LogP) is 1.33. The Balaban J connectivity index is 2.84. The summed E-state index contributed by atoms with van der Waals surface area (Å²) in [7, 11) is 0. The average molecular weight is 251 g/mol. The van der Waals surface area contributed by atoms with Crippen molar-refractivity contribution in [2.24, 2.45) is 0 Å². The van der Waals surface area contributed by atoms with Crippen molar-refractivity contribution in [3.63, 3.8) is 0 Å². The minimum atomic E-state index is -0.545. The quantitative estimate of drug-likeness (QED) is 0.766. The molecule has 0 amide bonds. The van der Waals surface area contributed by atoms with Gasteiger partial charge in [-0.1, -0.05) is 20.8 Å². The molecule has 18 heavy (non-hydrogen) atoms. The maximum absolute atomic E-state index is 12.1. The van der Waals surface area contributed by atoms with Crippen LogP contribution in [0.3, 0.4) is 0 Å². The van der Waals surface area contributed by atoms with Crippen LogP contribution in [0.15, 0.2) is 20.2 Å². The molecule has 2 aromatic heterocycles. The lowest BCUT2D eigenvalue weighted by atomic mass is 9.94. The van der Waals surface area contributed by atoms with Gasteiger partial charge < -0.3 is 4.52 Å². The van der Waals surface area contributed by atoms with Gasteiger partial charge in [0.25, 0.3) is 0 Å². The van der Waals surface area contributed by atoms with Gasteiger partial charge in [-0.2, -0.15) is 4.98 Å². The summed E-state index contributed by atoms with van der Waals surface area (Å²) in [5.41, 5.74) is -1.02. The SMILES string of the molecule is CC(C)n1c(=O)nc2cc(C(C)(C)C)on2c1=O. The molecule has 0 aromatic carbocycles. The molecule has 0 radical (unpaired) electrons. The average Bonchev–Trinajstić information content (AvgIpc) is 2.60. The lowest BCUT2D eigenvalue weighted by Crippen LogP contribution is -2.39. The number of aromatic nitrogens is 3. The molecule has 0 unspecified atom stereocenters. The molecule has 2 rings (SSSR count). The molecule has 2 aromatic rings. The fourth-order valence-electron chi connectivity index (χ4n) is 1.69. The van der Waals surface area contributed by atoms with Crippen molar-refractivity contribution in [1.29, 1.82) is 0 Å². The molecule has 0 N–H and O–H groups in total. The molecule has 0 atom stereocenters. The second-order valence-corrected chi connectivity index (χ2v) is 5.64. The van der Waals surface area contributed by atoms with Gasteiger partial charge in [-0.05, 0) is 13.8 Å². The number of hydrogen-bond donors (Lipinski definition) is 0. The molecule has 0 bridgehead atoms. The predicted molar refractivity (Wildman–Crippen MR) is 67.1 cm³/mol. The van der Waals surface area contributed by atoms with Gasteiger partial charge in [0.05, 0.1) is 0 Å². The molecular formula is C12H17N3O3. The van der Waals surface area contributed by atoms with E-state index in [-0.39, 0.29) is 17.1 Å². The van der Waals surface area contributed by atoms with Crippen LogP contribution in [0, 0.1) is 0 Å². The van der Waals surface area contributed by atoms with Crippen LogP contribution < -0.4 is 11.4 Å². The number of hydrogen-bond acceptors (Lipinski definition) is 4. The van der Waals surface area contributed by atoms with E-state index in [2.05, 4.69) is 4.98 Å². The normalized spacial score (nSPS) is 12.6. The zero-order chi connectivity index (χ0) is 13.7. The minimum absolute atomic E-state index is 0.244. The first-order valence-corrected chi connectivity index (χ1v) is 5.88. The van der Waals surface area contributed by atoms with Crippen molar-refractivity contribution in [3.8, 4) is 0 Å². The van der Waals surface area contributed by atoms with Crippen molar-refractivity contribution in [2.75, 3.05) is 0 Å². The van der Waals surface area contributed by atoms with Crippen molar-refractivity contribution < 1.29 is 4.52 Å². The van der Waals surface area contributed by atoms with Crippen LogP contribution in [-0.2, 0) is 5.41 Å². The molecule has 0 aliphatic heterocycles. The third-order valence-electron chi connectivity index (χ3n) is 2.71. The van der Waals surface area contributed by atoms with E-state index in [1.807, 2.05) is 20.8 Å². The summed E-state index contributed by atoms with van der Waals surface area (Å²) >= 11 is 0. The van der Waals surface area contributed by atoms with Crippen LogP contribution in [0.1, 0.15) is 46.4 Å². The van der Waals surface area contributed by atoms with Gasteiger partial charge in [-0.25, -0.2) is 14.2 Å². The van der Waals surface area contributed by atoms with Gasteiger partial charge in [-0.15, -0.1) is 4.57 Å². The van der Waals surface area contributed by atoms with Gasteiger partial charge >= 0.3 is 11.4 Å².